The highest BCUT2D eigenvalue weighted by Crippen LogP contribution is 2.29. The molecule has 3 heteroatoms. The van der Waals surface area contributed by atoms with Gasteiger partial charge in [0.25, 0.3) is 0 Å². The summed E-state index contributed by atoms with van der Waals surface area (Å²) >= 11 is 1.71. The lowest BCUT2D eigenvalue weighted by atomic mass is 10.1. The van der Waals surface area contributed by atoms with Gasteiger partial charge in [-0.2, -0.15) is 0 Å². The van der Waals surface area contributed by atoms with Gasteiger partial charge in [0.2, 0.25) is 0 Å². The quantitative estimate of drug-likeness (QED) is 0.819. The van der Waals surface area contributed by atoms with Gasteiger partial charge in [0.1, 0.15) is 4.83 Å². The van der Waals surface area contributed by atoms with Crippen LogP contribution >= 0.6 is 11.3 Å². The van der Waals surface area contributed by atoms with E-state index in [2.05, 4.69) is 24.9 Å². The minimum absolute atomic E-state index is 0.0789. The summed E-state index contributed by atoms with van der Waals surface area (Å²) < 4.78 is 0. The molecule has 2 heterocycles. The van der Waals surface area contributed by atoms with E-state index in [4.69, 9.17) is 0 Å². The zero-order valence-corrected chi connectivity index (χ0v) is 11.4. The van der Waals surface area contributed by atoms with E-state index in [-0.39, 0.29) is 6.61 Å². The molecular weight excluding hydrogens is 218 g/mol. The molecule has 0 radical (unpaired) electrons. The molecule has 0 bridgehead atoms. The molecule has 0 atom stereocenters. The Morgan fingerprint density at radius 2 is 1.88 bits per heavy atom. The van der Waals surface area contributed by atoms with Gasteiger partial charge in [0.05, 0.1) is 6.61 Å². The highest BCUT2D eigenvalue weighted by atomic mass is 32.1. The number of aliphatic hydroxyl groups excluding tert-OH is 1. The second kappa shape index (κ2) is 5.41. The molecule has 2 rings (SSSR count). The lowest BCUT2D eigenvalue weighted by molar-refractivity contribution is 0.280. The molecule has 16 heavy (non-hydrogen) atoms. The summed E-state index contributed by atoms with van der Waals surface area (Å²) in [4.78, 5) is 6.83. The van der Waals surface area contributed by atoms with E-state index < -0.39 is 0 Å². The standard InChI is InChI=1S/C11H13NOS.C2H6/c1-6-4-9-7(2)10(5-13)8(3)12-11(9)14-6;1-2/h4,13H,5H2,1-3H3;1-2H3. The van der Waals surface area contributed by atoms with Crippen LogP contribution in [0.4, 0.5) is 0 Å². The number of fused-ring (bicyclic) bond motifs is 1. The molecule has 1 N–H and O–H groups in total. The van der Waals surface area contributed by atoms with E-state index >= 15 is 0 Å². The predicted molar refractivity (Wildman–Crippen MR) is 71.1 cm³/mol. The maximum Gasteiger partial charge on any atom is 0.124 e. The SMILES string of the molecule is CC.Cc1cc2c(C)c(CO)c(C)nc2s1. The van der Waals surface area contributed by atoms with Gasteiger partial charge in [-0.05, 0) is 32.4 Å². The normalized spacial score (nSPS) is 10.1. The first-order valence-electron chi connectivity index (χ1n) is 5.60. The van der Waals surface area contributed by atoms with E-state index in [1.54, 1.807) is 11.3 Å². The Morgan fingerprint density at radius 3 is 2.44 bits per heavy atom. The fraction of sp³-hybridized carbons (Fsp3) is 0.462. The average molecular weight is 237 g/mol. The highest BCUT2D eigenvalue weighted by molar-refractivity contribution is 7.18. The van der Waals surface area contributed by atoms with Crippen LogP contribution < -0.4 is 0 Å². The van der Waals surface area contributed by atoms with Crippen molar-refractivity contribution in [3.05, 3.63) is 27.8 Å². The number of pyridine rings is 1. The van der Waals surface area contributed by atoms with Crippen LogP contribution in [0.15, 0.2) is 6.07 Å². The number of aliphatic hydroxyl groups is 1. The van der Waals surface area contributed by atoms with Crippen molar-refractivity contribution in [2.75, 3.05) is 0 Å². The molecular formula is C13H19NOS. The third-order valence-corrected chi connectivity index (χ3v) is 3.50. The summed E-state index contributed by atoms with van der Waals surface area (Å²) in [5.41, 5.74) is 3.08. The molecule has 2 aromatic heterocycles. The maximum atomic E-state index is 9.23. The highest BCUT2D eigenvalue weighted by Gasteiger charge is 2.10. The van der Waals surface area contributed by atoms with Gasteiger partial charge < -0.3 is 5.11 Å². The molecule has 0 unspecified atom stereocenters. The van der Waals surface area contributed by atoms with Gasteiger partial charge >= 0.3 is 0 Å². The topological polar surface area (TPSA) is 33.1 Å². The van der Waals surface area contributed by atoms with E-state index in [1.165, 1.54) is 15.8 Å². The number of aryl methyl sites for hydroxylation is 3. The first kappa shape index (κ1) is 13.1. The lowest BCUT2D eigenvalue weighted by Gasteiger charge is -2.06. The summed E-state index contributed by atoms with van der Waals surface area (Å²) in [6.07, 6.45) is 0. The zero-order valence-electron chi connectivity index (χ0n) is 10.6. The van der Waals surface area contributed by atoms with Crippen molar-refractivity contribution in [1.29, 1.82) is 0 Å². The van der Waals surface area contributed by atoms with E-state index in [0.29, 0.717) is 0 Å². The van der Waals surface area contributed by atoms with Crippen molar-refractivity contribution in [2.45, 2.75) is 41.2 Å². The molecule has 0 aliphatic carbocycles. The van der Waals surface area contributed by atoms with Crippen LogP contribution in [0.5, 0.6) is 0 Å². The first-order chi connectivity index (χ1) is 7.63. The van der Waals surface area contributed by atoms with Crippen LogP contribution in [0.2, 0.25) is 0 Å². The minimum Gasteiger partial charge on any atom is -0.392 e. The van der Waals surface area contributed by atoms with Crippen molar-refractivity contribution in [3.8, 4) is 0 Å². The van der Waals surface area contributed by atoms with Gasteiger partial charge in [0, 0.05) is 21.5 Å². The Bertz CT molecular complexity index is 488. The molecule has 88 valence electrons. The Hall–Kier alpha value is -0.930. The average Bonchev–Trinajstić information content (AvgIpc) is 2.63. The summed E-state index contributed by atoms with van der Waals surface area (Å²) in [5.74, 6) is 0. The Kier molecular flexibility index (Phi) is 4.44. The van der Waals surface area contributed by atoms with Crippen molar-refractivity contribution < 1.29 is 5.11 Å². The van der Waals surface area contributed by atoms with Crippen LogP contribution in [-0.4, -0.2) is 10.1 Å². The van der Waals surface area contributed by atoms with Crippen LogP contribution in [0, 0.1) is 20.8 Å². The summed E-state index contributed by atoms with van der Waals surface area (Å²) in [6, 6.07) is 2.14. The first-order valence-corrected chi connectivity index (χ1v) is 6.42. The van der Waals surface area contributed by atoms with Crippen molar-refractivity contribution in [3.63, 3.8) is 0 Å². The third kappa shape index (κ3) is 2.25. The number of aromatic nitrogens is 1. The molecule has 0 fully saturated rings. The van der Waals surface area contributed by atoms with Crippen LogP contribution in [0.1, 0.15) is 35.5 Å². The molecule has 0 saturated heterocycles. The van der Waals surface area contributed by atoms with E-state index in [0.717, 1.165) is 16.1 Å². The van der Waals surface area contributed by atoms with Crippen LogP contribution in [0.3, 0.4) is 0 Å². The number of rotatable bonds is 1. The smallest absolute Gasteiger partial charge is 0.124 e. The minimum atomic E-state index is 0.0789. The maximum absolute atomic E-state index is 9.23. The number of thiophene rings is 1. The van der Waals surface area contributed by atoms with E-state index in [1.807, 2.05) is 20.8 Å². The molecule has 0 spiro atoms. The van der Waals surface area contributed by atoms with Crippen molar-refractivity contribution in [2.24, 2.45) is 0 Å². The number of nitrogens with zero attached hydrogens (tertiary/aromatic N) is 1. The molecule has 0 aromatic carbocycles. The summed E-state index contributed by atoms with van der Waals surface area (Å²) in [6.45, 7) is 10.2. The van der Waals surface area contributed by atoms with Gasteiger partial charge in [0.15, 0.2) is 0 Å². The molecule has 2 aromatic rings. The number of hydrogen-bond acceptors (Lipinski definition) is 3. The Labute approximate surface area is 101 Å². The van der Waals surface area contributed by atoms with Crippen molar-refractivity contribution >= 4 is 21.6 Å². The Morgan fingerprint density at radius 1 is 1.25 bits per heavy atom. The fourth-order valence-corrected chi connectivity index (χ4v) is 2.73. The zero-order chi connectivity index (χ0) is 12.3. The second-order valence-corrected chi connectivity index (χ2v) is 4.77. The van der Waals surface area contributed by atoms with Gasteiger partial charge in [-0.15, -0.1) is 11.3 Å². The van der Waals surface area contributed by atoms with Crippen LogP contribution in [0.25, 0.3) is 10.2 Å². The molecule has 0 saturated carbocycles. The molecule has 2 nitrogen and oxygen atoms in total. The largest absolute Gasteiger partial charge is 0.392 e. The van der Waals surface area contributed by atoms with Gasteiger partial charge in [-0.1, -0.05) is 13.8 Å². The fourth-order valence-electron chi connectivity index (χ4n) is 1.74. The second-order valence-electron chi connectivity index (χ2n) is 3.53. The Balaban J connectivity index is 0.000000606. The van der Waals surface area contributed by atoms with Crippen LogP contribution in [-0.2, 0) is 6.61 Å². The van der Waals surface area contributed by atoms with Gasteiger partial charge in [-0.25, -0.2) is 4.98 Å². The summed E-state index contributed by atoms with van der Waals surface area (Å²) in [5, 5.41) is 10.4. The van der Waals surface area contributed by atoms with Crippen molar-refractivity contribution in [1.82, 2.24) is 4.98 Å². The molecule has 0 aliphatic rings. The number of hydrogen-bond donors (Lipinski definition) is 1. The summed E-state index contributed by atoms with van der Waals surface area (Å²) in [7, 11) is 0. The predicted octanol–water partition coefficient (Wildman–Crippen LogP) is 3.74. The monoisotopic (exact) mass is 237 g/mol. The van der Waals surface area contributed by atoms with E-state index in [9.17, 15) is 5.11 Å². The molecule has 0 aliphatic heterocycles. The lowest BCUT2D eigenvalue weighted by Crippen LogP contribution is -1.96. The van der Waals surface area contributed by atoms with Gasteiger partial charge in [-0.3, -0.25) is 0 Å². The molecule has 0 amide bonds. The third-order valence-electron chi connectivity index (χ3n) is 2.56.